The van der Waals surface area contributed by atoms with E-state index in [1.807, 2.05) is 26.0 Å². The number of hydrogen-bond donors (Lipinski definition) is 1. The summed E-state index contributed by atoms with van der Waals surface area (Å²) in [7, 11) is 0. The van der Waals surface area contributed by atoms with Gasteiger partial charge in [-0.1, -0.05) is 18.2 Å². The first-order valence-corrected chi connectivity index (χ1v) is 9.14. The molecule has 3 amide bonds. The molecule has 1 aromatic heterocycles. The second kappa shape index (κ2) is 10.3. The number of benzene rings is 1. The number of aryl methyl sites for hydroxylation is 1. The van der Waals surface area contributed by atoms with Gasteiger partial charge in [0.05, 0.1) is 6.54 Å². The summed E-state index contributed by atoms with van der Waals surface area (Å²) >= 11 is 0. The fourth-order valence-electron chi connectivity index (χ4n) is 2.70. The van der Waals surface area contributed by atoms with Crippen molar-refractivity contribution in [2.75, 3.05) is 19.6 Å². The van der Waals surface area contributed by atoms with Crippen molar-refractivity contribution in [3.8, 4) is 0 Å². The van der Waals surface area contributed by atoms with Crippen molar-refractivity contribution < 1.29 is 18.4 Å². The van der Waals surface area contributed by atoms with Crippen LogP contribution in [0.25, 0.3) is 0 Å². The minimum atomic E-state index is -0.336. The maximum atomic E-state index is 13.2. The van der Waals surface area contributed by atoms with E-state index < -0.39 is 0 Å². The van der Waals surface area contributed by atoms with E-state index >= 15 is 0 Å². The number of furan rings is 1. The van der Waals surface area contributed by atoms with Crippen LogP contribution in [0.4, 0.5) is 9.18 Å². The third-order valence-corrected chi connectivity index (χ3v) is 4.07. The van der Waals surface area contributed by atoms with Gasteiger partial charge in [-0.2, -0.15) is 0 Å². The van der Waals surface area contributed by atoms with Gasteiger partial charge in [0, 0.05) is 19.6 Å². The van der Waals surface area contributed by atoms with Gasteiger partial charge in [0.25, 0.3) is 0 Å². The topological polar surface area (TPSA) is 65.8 Å². The molecule has 0 fully saturated rings. The lowest BCUT2D eigenvalue weighted by Gasteiger charge is -2.26. The van der Waals surface area contributed by atoms with E-state index in [1.165, 1.54) is 17.0 Å². The smallest absolute Gasteiger partial charge is 0.318 e. The zero-order chi connectivity index (χ0) is 20.5. The molecule has 0 saturated heterocycles. The average Bonchev–Trinajstić information content (AvgIpc) is 3.07. The highest BCUT2D eigenvalue weighted by atomic mass is 19.1. The van der Waals surface area contributed by atoms with Gasteiger partial charge in [0.15, 0.2) is 0 Å². The lowest BCUT2D eigenvalue weighted by molar-refractivity contribution is -0.133. The summed E-state index contributed by atoms with van der Waals surface area (Å²) in [6.07, 6.45) is 1.57. The van der Waals surface area contributed by atoms with Gasteiger partial charge in [-0.05, 0) is 43.7 Å². The first-order chi connectivity index (χ1) is 13.4. The lowest BCUT2D eigenvalue weighted by Crippen LogP contribution is -2.46. The fourth-order valence-corrected chi connectivity index (χ4v) is 2.70. The zero-order valence-electron chi connectivity index (χ0n) is 16.3. The van der Waals surface area contributed by atoms with Crippen molar-refractivity contribution in [3.05, 3.63) is 72.0 Å². The summed E-state index contributed by atoms with van der Waals surface area (Å²) in [5, 5.41) is 2.69. The van der Waals surface area contributed by atoms with Crippen LogP contribution >= 0.6 is 0 Å². The van der Waals surface area contributed by atoms with Crippen LogP contribution in [0.3, 0.4) is 0 Å². The Morgan fingerprint density at radius 1 is 1.14 bits per heavy atom. The first kappa shape index (κ1) is 21.2. The fraction of sp³-hybridized carbons (Fsp3) is 0.333. The normalized spacial score (nSPS) is 10.4. The predicted molar refractivity (Wildman–Crippen MR) is 105 cm³/mol. The third kappa shape index (κ3) is 6.26. The second-order valence-corrected chi connectivity index (χ2v) is 6.39. The van der Waals surface area contributed by atoms with Crippen molar-refractivity contribution in [1.82, 2.24) is 15.1 Å². The summed E-state index contributed by atoms with van der Waals surface area (Å²) in [5.41, 5.74) is 0.784. The van der Waals surface area contributed by atoms with Gasteiger partial charge in [-0.25, -0.2) is 9.18 Å². The number of urea groups is 1. The lowest BCUT2D eigenvalue weighted by atomic mass is 10.2. The van der Waals surface area contributed by atoms with Crippen molar-refractivity contribution >= 4 is 11.9 Å². The van der Waals surface area contributed by atoms with Crippen LogP contribution in [0, 0.1) is 12.7 Å². The Bertz CT molecular complexity index is 801. The second-order valence-electron chi connectivity index (χ2n) is 6.39. The highest BCUT2D eigenvalue weighted by Crippen LogP contribution is 2.14. The molecule has 0 aliphatic rings. The molecule has 2 aromatic rings. The van der Waals surface area contributed by atoms with E-state index in [0.717, 1.165) is 11.3 Å². The van der Waals surface area contributed by atoms with Crippen LogP contribution in [0.5, 0.6) is 0 Å². The van der Waals surface area contributed by atoms with E-state index in [-0.39, 0.29) is 43.9 Å². The summed E-state index contributed by atoms with van der Waals surface area (Å²) in [6.45, 7) is 8.43. The molecule has 1 heterocycles. The molecule has 1 N–H and O–H groups in total. The van der Waals surface area contributed by atoms with Crippen LogP contribution in [-0.4, -0.2) is 41.4 Å². The zero-order valence-corrected chi connectivity index (χ0v) is 16.3. The summed E-state index contributed by atoms with van der Waals surface area (Å²) < 4.78 is 18.8. The number of nitrogens with one attached hydrogen (secondary N) is 1. The molecule has 0 radical (unpaired) electrons. The molecular formula is C21H26FN3O3. The van der Waals surface area contributed by atoms with Crippen LogP contribution < -0.4 is 5.32 Å². The number of halogens is 1. The standard InChI is InChI=1S/C21H26FN3O3/c1-4-12-24(21(27)23-5-2)15-20(26)25(14-19-11-6-16(3)28-19)13-17-7-9-18(22)10-8-17/h4,6-11H,1,5,12-15H2,2-3H3,(H,23,27). The molecule has 28 heavy (non-hydrogen) atoms. The van der Waals surface area contributed by atoms with Crippen molar-refractivity contribution in [3.63, 3.8) is 0 Å². The Morgan fingerprint density at radius 2 is 1.86 bits per heavy atom. The maximum absolute atomic E-state index is 13.2. The van der Waals surface area contributed by atoms with Crippen LogP contribution in [0.2, 0.25) is 0 Å². The highest BCUT2D eigenvalue weighted by molar-refractivity contribution is 5.84. The molecule has 150 valence electrons. The Labute approximate surface area is 164 Å². The number of amides is 3. The number of carbonyl (C=O) groups is 2. The molecule has 0 bridgehead atoms. The number of carbonyl (C=O) groups excluding carboxylic acids is 2. The van der Waals surface area contributed by atoms with E-state index in [2.05, 4.69) is 11.9 Å². The molecule has 0 aliphatic heterocycles. The van der Waals surface area contributed by atoms with Crippen LogP contribution in [0.1, 0.15) is 24.0 Å². The Balaban J connectivity index is 2.17. The molecule has 0 atom stereocenters. The molecule has 2 rings (SSSR count). The number of rotatable bonds is 9. The average molecular weight is 387 g/mol. The van der Waals surface area contributed by atoms with Gasteiger partial charge in [0.2, 0.25) is 5.91 Å². The summed E-state index contributed by atoms with van der Waals surface area (Å²) in [6, 6.07) is 9.29. The van der Waals surface area contributed by atoms with E-state index in [1.54, 1.807) is 23.1 Å². The Morgan fingerprint density at radius 3 is 2.43 bits per heavy atom. The molecule has 0 spiro atoms. The number of nitrogens with zero attached hydrogens (tertiary/aromatic N) is 2. The van der Waals surface area contributed by atoms with Gasteiger partial charge in [-0.3, -0.25) is 4.79 Å². The van der Waals surface area contributed by atoms with Gasteiger partial charge >= 0.3 is 6.03 Å². The summed E-state index contributed by atoms with van der Waals surface area (Å²) in [5.74, 6) is 0.809. The Hall–Kier alpha value is -3.09. The highest BCUT2D eigenvalue weighted by Gasteiger charge is 2.21. The quantitative estimate of drug-likeness (QED) is 0.670. The monoisotopic (exact) mass is 387 g/mol. The van der Waals surface area contributed by atoms with Crippen molar-refractivity contribution in [2.45, 2.75) is 26.9 Å². The van der Waals surface area contributed by atoms with Gasteiger partial charge in [0.1, 0.15) is 23.9 Å². The molecule has 7 heteroatoms. The van der Waals surface area contributed by atoms with E-state index in [4.69, 9.17) is 4.42 Å². The van der Waals surface area contributed by atoms with Crippen LogP contribution in [-0.2, 0) is 17.9 Å². The van der Waals surface area contributed by atoms with E-state index in [0.29, 0.717) is 12.3 Å². The number of hydrogen-bond acceptors (Lipinski definition) is 3. The molecule has 0 saturated carbocycles. The van der Waals surface area contributed by atoms with Gasteiger partial charge < -0.3 is 19.5 Å². The first-order valence-electron chi connectivity index (χ1n) is 9.14. The molecule has 0 aliphatic carbocycles. The maximum Gasteiger partial charge on any atom is 0.318 e. The van der Waals surface area contributed by atoms with E-state index in [9.17, 15) is 14.0 Å². The summed E-state index contributed by atoms with van der Waals surface area (Å²) in [4.78, 5) is 28.1. The van der Waals surface area contributed by atoms with Gasteiger partial charge in [-0.15, -0.1) is 6.58 Å². The van der Waals surface area contributed by atoms with Crippen molar-refractivity contribution in [2.24, 2.45) is 0 Å². The molecule has 6 nitrogen and oxygen atoms in total. The molecule has 0 unspecified atom stereocenters. The molecule has 1 aromatic carbocycles. The SMILES string of the molecule is C=CCN(CC(=O)N(Cc1ccc(F)cc1)Cc1ccc(C)o1)C(=O)NCC. The molecular weight excluding hydrogens is 361 g/mol. The minimum Gasteiger partial charge on any atom is -0.464 e. The van der Waals surface area contributed by atoms with Crippen molar-refractivity contribution in [1.29, 1.82) is 0 Å². The predicted octanol–water partition coefficient (Wildman–Crippen LogP) is 3.47. The minimum absolute atomic E-state index is 0.0985. The largest absolute Gasteiger partial charge is 0.464 e. The Kier molecular flexibility index (Phi) is 7.80. The van der Waals surface area contributed by atoms with Crippen LogP contribution in [0.15, 0.2) is 53.5 Å². The third-order valence-electron chi connectivity index (χ3n) is 4.07.